The van der Waals surface area contributed by atoms with Gasteiger partial charge in [-0.15, -0.1) is 0 Å². The molecule has 0 bridgehead atoms. The number of anilines is 1. The number of nitrogens with one attached hydrogen (secondary N) is 1. The van der Waals surface area contributed by atoms with E-state index >= 15 is 0 Å². The summed E-state index contributed by atoms with van der Waals surface area (Å²) in [5.74, 6) is -1.98. The van der Waals surface area contributed by atoms with E-state index in [1.807, 2.05) is 0 Å². The molecule has 0 spiro atoms. The van der Waals surface area contributed by atoms with Crippen molar-refractivity contribution >= 4 is 35.1 Å². The molecule has 130 valence electrons. The number of hydrogen-bond donors (Lipinski definition) is 1. The largest absolute Gasteiger partial charge is 0.465 e. The molecule has 0 aliphatic heterocycles. The number of esters is 2. The van der Waals surface area contributed by atoms with E-state index in [9.17, 15) is 14.4 Å². The highest BCUT2D eigenvalue weighted by Gasteiger charge is 2.23. The van der Waals surface area contributed by atoms with Crippen LogP contribution in [-0.4, -0.2) is 31.1 Å². The molecular weight excluding hydrogens is 346 g/mol. The summed E-state index contributed by atoms with van der Waals surface area (Å²) < 4.78 is 9.78. The molecular formula is C18H16ClNO5. The van der Waals surface area contributed by atoms with Gasteiger partial charge in [-0.2, -0.15) is 0 Å². The van der Waals surface area contributed by atoms with Gasteiger partial charge in [-0.3, -0.25) is 4.79 Å². The lowest BCUT2D eigenvalue weighted by atomic mass is 10.1. The predicted molar refractivity (Wildman–Crippen MR) is 92.7 cm³/mol. The molecule has 1 atom stereocenters. The highest BCUT2D eigenvalue weighted by Crippen LogP contribution is 2.16. The van der Waals surface area contributed by atoms with E-state index in [0.717, 1.165) is 0 Å². The number of hydrogen-bond acceptors (Lipinski definition) is 5. The first-order valence-electron chi connectivity index (χ1n) is 7.37. The van der Waals surface area contributed by atoms with Crippen LogP contribution in [-0.2, 0) is 14.3 Å². The van der Waals surface area contributed by atoms with E-state index in [0.29, 0.717) is 10.7 Å². The lowest BCUT2D eigenvalue weighted by Gasteiger charge is -2.14. The number of benzene rings is 2. The number of rotatable bonds is 5. The van der Waals surface area contributed by atoms with Crippen molar-refractivity contribution in [1.82, 2.24) is 0 Å². The van der Waals surface area contributed by atoms with Crippen LogP contribution in [0.15, 0.2) is 48.5 Å². The van der Waals surface area contributed by atoms with Gasteiger partial charge in [-0.1, -0.05) is 29.8 Å². The summed E-state index contributed by atoms with van der Waals surface area (Å²) in [5, 5.41) is 3.06. The molecule has 1 N–H and O–H groups in total. The number of carbonyl (C=O) groups excluding carboxylic acids is 3. The van der Waals surface area contributed by atoms with E-state index in [1.54, 1.807) is 36.4 Å². The van der Waals surface area contributed by atoms with Gasteiger partial charge in [0.1, 0.15) is 0 Å². The van der Waals surface area contributed by atoms with E-state index < -0.39 is 23.9 Å². The minimum Gasteiger partial charge on any atom is -0.465 e. The molecule has 2 aromatic carbocycles. The van der Waals surface area contributed by atoms with Gasteiger partial charge < -0.3 is 14.8 Å². The molecule has 6 nitrogen and oxygen atoms in total. The Labute approximate surface area is 149 Å². The molecule has 0 aliphatic rings. The molecule has 25 heavy (non-hydrogen) atoms. The molecule has 0 saturated carbocycles. The highest BCUT2D eigenvalue weighted by atomic mass is 35.5. The van der Waals surface area contributed by atoms with Crippen molar-refractivity contribution < 1.29 is 23.9 Å². The maximum atomic E-state index is 12.3. The van der Waals surface area contributed by atoms with Gasteiger partial charge >= 0.3 is 11.9 Å². The summed E-state index contributed by atoms with van der Waals surface area (Å²) in [4.78, 5) is 36.1. The molecule has 0 aromatic heterocycles. The van der Waals surface area contributed by atoms with Crippen molar-refractivity contribution in [2.45, 2.75) is 13.0 Å². The SMILES string of the molecule is COC(=O)c1ccccc1C(=O)OC(C)C(=O)Nc1cccc(Cl)c1. The van der Waals surface area contributed by atoms with Gasteiger partial charge in [0.2, 0.25) is 0 Å². The van der Waals surface area contributed by atoms with Crippen molar-refractivity contribution in [3.05, 3.63) is 64.7 Å². The van der Waals surface area contributed by atoms with Crippen molar-refractivity contribution in [2.75, 3.05) is 12.4 Å². The minimum atomic E-state index is -1.07. The van der Waals surface area contributed by atoms with Crippen molar-refractivity contribution in [2.24, 2.45) is 0 Å². The Morgan fingerprint density at radius 3 is 2.24 bits per heavy atom. The van der Waals surface area contributed by atoms with E-state index in [1.165, 1.54) is 26.2 Å². The van der Waals surface area contributed by atoms with Gasteiger partial charge in [-0.25, -0.2) is 9.59 Å². The number of methoxy groups -OCH3 is 1. The number of ether oxygens (including phenoxy) is 2. The average molecular weight is 362 g/mol. The number of amides is 1. The second kappa shape index (κ2) is 8.30. The quantitative estimate of drug-likeness (QED) is 0.826. The Hall–Kier alpha value is -2.86. The van der Waals surface area contributed by atoms with Crippen LogP contribution < -0.4 is 5.32 Å². The molecule has 2 aromatic rings. The first-order valence-corrected chi connectivity index (χ1v) is 7.75. The van der Waals surface area contributed by atoms with Crippen molar-refractivity contribution in [1.29, 1.82) is 0 Å². The van der Waals surface area contributed by atoms with E-state index in [2.05, 4.69) is 10.1 Å². The molecule has 0 fully saturated rings. The Morgan fingerprint density at radius 2 is 1.64 bits per heavy atom. The second-order valence-electron chi connectivity index (χ2n) is 5.08. The molecule has 0 saturated heterocycles. The zero-order valence-electron chi connectivity index (χ0n) is 13.6. The van der Waals surface area contributed by atoms with Gasteiger partial charge in [0.25, 0.3) is 5.91 Å². The first-order chi connectivity index (χ1) is 11.9. The van der Waals surface area contributed by atoms with Crippen molar-refractivity contribution in [3.8, 4) is 0 Å². The summed E-state index contributed by atoms with van der Waals surface area (Å²) in [7, 11) is 1.21. The summed E-state index contributed by atoms with van der Waals surface area (Å²) in [6, 6.07) is 12.6. The Balaban J connectivity index is 2.07. The zero-order chi connectivity index (χ0) is 18.4. The topological polar surface area (TPSA) is 81.7 Å². The maximum Gasteiger partial charge on any atom is 0.339 e. The lowest BCUT2D eigenvalue weighted by molar-refractivity contribution is -0.123. The minimum absolute atomic E-state index is 0.0248. The molecule has 0 aliphatic carbocycles. The number of halogens is 1. The average Bonchev–Trinajstić information content (AvgIpc) is 2.60. The third-order valence-electron chi connectivity index (χ3n) is 3.30. The van der Waals surface area contributed by atoms with Crippen LogP contribution in [0.2, 0.25) is 5.02 Å². The molecule has 1 unspecified atom stereocenters. The zero-order valence-corrected chi connectivity index (χ0v) is 14.4. The molecule has 0 heterocycles. The van der Waals surface area contributed by atoms with Crippen LogP contribution in [0.5, 0.6) is 0 Å². The predicted octanol–water partition coefficient (Wildman–Crippen LogP) is 3.31. The van der Waals surface area contributed by atoms with E-state index in [4.69, 9.17) is 16.3 Å². The molecule has 7 heteroatoms. The van der Waals surface area contributed by atoms with Crippen LogP contribution in [0.4, 0.5) is 5.69 Å². The van der Waals surface area contributed by atoms with Gasteiger partial charge in [-0.05, 0) is 37.3 Å². The molecule has 0 radical (unpaired) electrons. The van der Waals surface area contributed by atoms with E-state index in [-0.39, 0.29) is 11.1 Å². The smallest absolute Gasteiger partial charge is 0.339 e. The van der Waals surface area contributed by atoms with Gasteiger partial charge in [0, 0.05) is 10.7 Å². The third-order valence-corrected chi connectivity index (χ3v) is 3.53. The monoisotopic (exact) mass is 361 g/mol. The highest BCUT2D eigenvalue weighted by molar-refractivity contribution is 6.30. The Morgan fingerprint density at radius 1 is 1.00 bits per heavy atom. The van der Waals surface area contributed by atoms with Crippen LogP contribution >= 0.6 is 11.6 Å². The van der Waals surface area contributed by atoms with Gasteiger partial charge in [0.15, 0.2) is 6.10 Å². The fraction of sp³-hybridized carbons (Fsp3) is 0.167. The lowest BCUT2D eigenvalue weighted by Crippen LogP contribution is -2.30. The van der Waals surface area contributed by atoms with Gasteiger partial charge in [0.05, 0.1) is 18.2 Å². The first kappa shape index (κ1) is 18.5. The van der Waals surface area contributed by atoms with Crippen LogP contribution in [0.1, 0.15) is 27.6 Å². The number of carbonyl (C=O) groups is 3. The summed E-state index contributed by atoms with van der Waals surface area (Å²) in [6.45, 7) is 1.43. The second-order valence-corrected chi connectivity index (χ2v) is 5.52. The summed E-state index contributed by atoms with van der Waals surface area (Å²) in [5.41, 5.74) is 0.574. The fourth-order valence-corrected chi connectivity index (χ4v) is 2.23. The standard InChI is InChI=1S/C18H16ClNO5/c1-11(16(21)20-13-7-5-6-12(19)10-13)25-18(23)15-9-4-3-8-14(15)17(22)24-2/h3-11H,1-2H3,(H,20,21). The summed E-state index contributed by atoms with van der Waals surface area (Å²) in [6.07, 6.45) is -1.07. The molecule has 1 amide bonds. The third kappa shape index (κ3) is 4.81. The summed E-state index contributed by atoms with van der Waals surface area (Å²) >= 11 is 5.85. The maximum absolute atomic E-state index is 12.3. The Kier molecular flexibility index (Phi) is 6.14. The molecule has 2 rings (SSSR count). The van der Waals surface area contributed by atoms with Crippen LogP contribution in [0, 0.1) is 0 Å². The normalized spacial score (nSPS) is 11.3. The van der Waals surface area contributed by atoms with Crippen molar-refractivity contribution in [3.63, 3.8) is 0 Å². The Bertz CT molecular complexity index is 806. The van der Waals surface area contributed by atoms with Crippen LogP contribution in [0.3, 0.4) is 0 Å². The fourth-order valence-electron chi connectivity index (χ4n) is 2.04. The van der Waals surface area contributed by atoms with Crippen LogP contribution in [0.25, 0.3) is 0 Å².